The quantitative estimate of drug-likeness (QED) is 0.730. The Kier molecular flexibility index (Phi) is 18.5. The molecule has 0 fully saturated rings. The first kappa shape index (κ1) is 22.5. The van der Waals surface area contributed by atoms with Crippen LogP contribution in [0.3, 0.4) is 0 Å². The van der Waals surface area contributed by atoms with Crippen molar-refractivity contribution in [3.05, 3.63) is 42.5 Å². The zero-order chi connectivity index (χ0) is 16.6. The standard InChI is InChI=1S/C8H8.3C2H4O2/c1-2-8-6-4-3-5-7-8;3*1-2(3)4/h2-7H,1H2;3*1H3,(H,3,4). The fourth-order valence-electron chi connectivity index (χ4n) is 0.589. The van der Waals surface area contributed by atoms with E-state index in [1.165, 1.54) is 5.56 Å². The van der Waals surface area contributed by atoms with Gasteiger partial charge in [0.05, 0.1) is 0 Å². The number of benzene rings is 1. The molecule has 20 heavy (non-hydrogen) atoms. The second-order valence-corrected chi connectivity index (χ2v) is 3.17. The molecule has 0 heterocycles. The van der Waals surface area contributed by atoms with Crippen molar-refractivity contribution < 1.29 is 29.7 Å². The van der Waals surface area contributed by atoms with Crippen LogP contribution in [-0.4, -0.2) is 33.2 Å². The largest absolute Gasteiger partial charge is 0.481 e. The molecule has 6 nitrogen and oxygen atoms in total. The first-order valence-electron chi connectivity index (χ1n) is 5.39. The monoisotopic (exact) mass is 284 g/mol. The van der Waals surface area contributed by atoms with E-state index in [9.17, 15) is 0 Å². The number of carbonyl (C=O) groups is 3. The zero-order valence-electron chi connectivity index (χ0n) is 11.7. The molecule has 0 bridgehead atoms. The van der Waals surface area contributed by atoms with Crippen molar-refractivity contribution >= 4 is 24.0 Å². The molecular formula is C14H20O6. The Morgan fingerprint density at radius 3 is 1.25 bits per heavy atom. The normalized spacial score (nSPS) is 7.15. The summed E-state index contributed by atoms with van der Waals surface area (Å²) in [6.45, 7) is 6.88. The Morgan fingerprint density at radius 1 is 0.850 bits per heavy atom. The molecule has 0 aliphatic heterocycles. The summed E-state index contributed by atoms with van der Waals surface area (Å²) in [4.78, 5) is 27.0. The molecular weight excluding hydrogens is 264 g/mol. The Hall–Kier alpha value is -2.63. The average molecular weight is 284 g/mol. The van der Waals surface area contributed by atoms with Crippen LogP contribution in [-0.2, 0) is 14.4 Å². The Morgan fingerprint density at radius 2 is 1.10 bits per heavy atom. The Bertz CT molecular complexity index is 357. The van der Waals surface area contributed by atoms with Crippen LogP contribution in [0.15, 0.2) is 36.9 Å². The van der Waals surface area contributed by atoms with E-state index in [-0.39, 0.29) is 0 Å². The van der Waals surface area contributed by atoms with Gasteiger partial charge in [0.25, 0.3) is 17.9 Å². The molecule has 0 radical (unpaired) electrons. The van der Waals surface area contributed by atoms with Crippen molar-refractivity contribution in [1.29, 1.82) is 0 Å². The van der Waals surface area contributed by atoms with Gasteiger partial charge in [-0.2, -0.15) is 0 Å². The molecule has 0 spiro atoms. The molecule has 0 saturated heterocycles. The van der Waals surface area contributed by atoms with Gasteiger partial charge in [0, 0.05) is 20.8 Å². The van der Waals surface area contributed by atoms with E-state index in [1.807, 2.05) is 36.4 Å². The van der Waals surface area contributed by atoms with Gasteiger partial charge in [0.15, 0.2) is 0 Å². The molecule has 0 unspecified atom stereocenters. The maximum absolute atomic E-state index is 9.00. The summed E-state index contributed by atoms with van der Waals surface area (Å²) < 4.78 is 0. The molecule has 6 heteroatoms. The molecule has 0 aliphatic carbocycles. The highest BCUT2D eigenvalue weighted by molar-refractivity contribution is 5.63. The van der Waals surface area contributed by atoms with Crippen LogP contribution in [0.1, 0.15) is 26.3 Å². The summed E-state index contributed by atoms with van der Waals surface area (Å²) in [6, 6.07) is 10.0. The second kappa shape index (κ2) is 16.4. The number of hydrogen-bond acceptors (Lipinski definition) is 3. The van der Waals surface area contributed by atoms with Crippen molar-refractivity contribution in [1.82, 2.24) is 0 Å². The van der Waals surface area contributed by atoms with E-state index in [0.717, 1.165) is 20.8 Å². The highest BCUT2D eigenvalue weighted by Crippen LogP contribution is 1.97. The van der Waals surface area contributed by atoms with E-state index in [0.29, 0.717) is 0 Å². The van der Waals surface area contributed by atoms with Gasteiger partial charge in [-0.05, 0) is 5.56 Å². The minimum Gasteiger partial charge on any atom is -0.481 e. The summed E-state index contributed by atoms with van der Waals surface area (Å²) in [5.41, 5.74) is 1.17. The molecule has 0 aliphatic rings. The lowest BCUT2D eigenvalue weighted by Gasteiger charge is -1.85. The molecule has 1 aromatic carbocycles. The van der Waals surface area contributed by atoms with Gasteiger partial charge >= 0.3 is 0 Å². The maximum Gasteiger partial charge on any atom is 0.300 e. The molecule has 3 N–H and O–H groups in total. The zero-order valence-corrected chi connectivity index (χ0v) is 11.7. The summed E-state index contributed by atoms with van der Waals surface area (Å²) in [7, 11) is 0. The Labute approximate surface area is 118 Å². The highest BCUT2D eigenvalue weighted by Gasteiger charge is 1.75. The molecule has 1 aromatic rings. The van der Waals surface area contributed by atoms with Gasteiger partial charge in [-0.1, -0.05) is 43.0 Å². The number of carboxylic acid groups (broad SMARTS) is 3. The third-order valence-electron chi connectivity index (χ3n) is 1.04. The average Bonchev–Trinajstić information content (AvgIpc) is 2.28. The SMILES string of the molecule is C=Cc1ccccc1.CC(=O)O.CC(=O)O.CC(=O)O. The summed E-state index contributed by atoms with van der Waals surface area (Å²) in [5.74, 6) is -2.50. The van der Waals surface area contributed by atoms with Crippen LogP contribution in [0.5, 0.6) is 0 Å². The third-order valence-corrected chi connectivity index (χ3v) is 1.04. The van der Waals surface area contributed by atoms with Crippen LogP contribution < -0.4 is 0 Å². The third kappa shape index (κ3) is 58.4. The number of carboxylic acids is 3. The molecule has 1 rings (SSSR count). The molecule has 0 aromatic heterocycles. The van der Waals surface area contributed by atoms with Gasteiger partial charge in [-0.25, -0.2) is 0 Å². The van der Waals surface area contributed by atoms with Gasteiger partial charge in [-0.3, -0.25) is 14.4 Å². The minimum absolute atomic E-state index is 0.833. The van der Waals surface area contributed by atoms with Crippen molar-refractivity contribution in [2.45, 2.75) is 20.8 Å². The molecule has 0 atom stereocenters. The molecule has 0 amide bonds. The van der Waals surface area contributed by atoms with Crippen LogP contribution in [0.25, 0.3) is 6.08 Å². The van der Waals surface area contributed by atoms with E-state index in [1.54, 1.807) is 0 Å². The van der Waals surface area contributed by atoms with Crippen molar-refractivity contribution in [2.24, 2.45) is 0 Å². The van der Waals surface area contributed by atoms with E-state index < -0.39 is 17.9 Å². The van der Waals surface area contributed by atoms with Crippen LogP contribution >= 0.6 is 0 Å². The van der Waals surface area contributed by atoms with Crippen molar-refractivity contribution in [2.75, 3.05) is 0 Å². The maximum atomic E-state index is 9.00. The van der Waals surface area contributed by atoms with Gasteiger partial charge in [-0.15, -0.1) is 0 Å². The lowest BCUT2D eigenvalue weighted by atomic mass is 10.2. The highest BCUT2D eigenvalue weighted by atomic mass is 16.4. The lowest BCUT2D eigenvalue weighted by Crippen LogP contribution is -1.78. The van der Waals surface area contributed by atoms with E-state index in [2.05, 4.69) is 6.58 Å². The predicted octanol–water partition coefficient (Wildman–Crippen LogP) is 2.60. The van der Waals surface area contributed by atoms with Crippen LogP contribution in [0.4, 0.5) is 0 Å². The topological polar surface area (TPSA) is 112 Å². The van der Waals surface area contributed by atoms with Crippen LogP contribution in [0.2, 0.25) is 0 Å². The summed E-state index contributed by atoms with van der Waals surface area (Å²) in [5, 5.41) is 22.2. The summed E-state index contributed by atoms with van der Waals surface area (Å²) in [6.07, 6.45) is 1.83. The Balaban J connectivity index is -0.000000209. The first-order chi connectivity index (χ1) is 9.13. The molecule has 0 saturated carbocycles. The van der Waals surface area contributed by atoms with Gasteiger partial charge in [0.2, 0.25) is 0 Å². The fourth-order valence-corrected chi connectivity index (χ4v) is 0.589. The number of hydrogen-bond donors (Lipinski definition) is 3. The number of rotatable bonds is 1. The minimum atomic E-state index is -0.833. The van der Waals surface area contributed by atoms with Crippen molar-refractivity contribution in [3.63, 3.8) is 0 Å². The van der Waals surface area contributed by atoms with Gasteiger partial charge < -0.3 is 15.3 Å². The second-order valence-electron chi connectivity index (χ2n) is 3.17. The lowest BCUT2D eigenvalue weighted by molar-refractivity contribution is -0.135. The summed E-state index contributed by atoms with van der Waals surface area (Å²) >= 11 is 0. The van der Waals surface area contributed by atoms with E-state index >= 15 is 0 Å². The fraction of sp³-hybridized carbons (Fsp3) is 0.214. The molecule has 112 valence electrons. The van der Waals surface area contributed by atoms with Crippen LogP contribution in [0, 0.1) is 0 Å². The smallest absolute Gasteiger partial charge is 0.300 e. The van der Waals surface area contributed by atoms with Crippen molar-refractivity contribution in [3.8, 4) is 0 Å². The number of aliphatic carboxylic acids is 3. The predicted molar refractivity (Wildman–Crippen MR) is 76.5 cm³/mol. The van der Waals surface area contributed by atoms with Gasteiger partial charge in [0.1, 0.15) is 0 Å². The first-order valence-corrected chi connectivity index (χ1v) is 5.39. The van der Waals surface area contributed by atoms with E-state index in [4.69, 9.17) is 29.7 Å².